The van der Waals surface area contributed by atoms with Gasteiger partial charge < -0.3 is 24.5 Å². The summed E-state index contributed by atoms with van der Waals surface area (Å²) in [5, 5.41) is 11.2. The van der Waals surface area contributed by atoms with E-state index in [9.17, 15) is 19.5 Å². The maximum absolute atomic E-state index is 13.7. The van der Waals surface area contributed by atoms with Crippen LogP contribution in [0.25, 0.3) is 10.9 Å². The number of benzene rings is 2. The fourth-order valence-electron chi connectivity index (χ4n) is 5.05. The molecule has 35 heavy (non-hydrogen) atoms. The third-order valence-corrected chi connectivity index (χ3v) is 6.58. The van der Waals surface area contributed by atoms with E-state index in [0.29, 0.717) is 18.7 Å². The van der Waals surface area contributed by atoms with E-state index in [1.807, 2.05) is 24.3 Å². The van der Waals surface area contributed by atoms with Crippen molar-refractivity contribution in [1.82, 2.24) is 9.88 Å². The summed E-state index contributed by atoms with van der Waals surface area (Å²) in [5.74, 6) is -2.06. The van der Waals surface area contributed by atoms with Gasteiger partial charge in [0.2, 0.25) is 5.54 Å². The van der Waals surface area contributed by atoms with E-state index in [1.165, 1.54) is 25.3 Å². The first-order chi connectivity index (χ1) is 16.9. The van der Waals surface area contributed by atoms with E-state index < -0.39 is 23.3 Å². The fraction of sp³-hybridized carbons (Fsp3) is 0.222. The molecule has 0 saturated heterocycles. The average Bonchev–Trinajstić information content (AvgIpc) is 3.26. The number of phenolic OH excluding ortho intramolecular Hbond substituents is 1. The van der Waals surface area contributed by atoms with Crippen LogP contribution in [-0.4, -0.2) is 53.0 Å². The summed E-state index contributed by atoms with van der Waals surface area (Å²) in [4.78, 5) is 45.3. The lowest BCUT2D eigenvalue weighted by molar-refractivity contribution is -0.158. The molecule has 0 saturated carbocycles. The van der Waals surface area contributed by atoms with Gasteiger partial charge >= 0.3 is 11.9 Å². The summed E-state index contributed by atoms with van der Waals surface area (Å²) < 4.78 is 10.6. The van der Waals surface area contributed by atoms with Crippen molar-refractivity contribution in [2.75, 3.05) is 20.3 Å². The van der Waals surface area contributed by atoms with Crippen molar-refractivity contribution >= 4 is 28.6 Å². The average molecular weight is 472 g/mol. The van der Waals surface area contributed by atoms with Gasteiger partial charge in [-0.05, 0) is 43.2 Å². The predicted octanol–water partition coefficient (Wildman–Crippen LogP) is 3.37. The number of hydrogen-bond donors (Lipinski definition) is 2. The zero-order chi connectivity index (χ0) is 24.7. The predicted molar refractivity (Wildman–Crippen MR) is 128 cm³/mol. The van der Waals surface area contributed by atoms with Gasteiger partial charge in [-0.25, -0.2) is 9.59 Å². The highest BCUT2D eigenvalue weighted by Gasteiger charge is 2.58. The molecule has 3 heterocycles. The van der Waals surface area contributed by atoms with Crippen LogP contribution in [0.2, 0.25) is 0 Å². The first-order valence-corrected chi connectivity index (χ1v) is 11.3. The van der Waals surface area contributed by atoms with Crippen molar-refractivity contribution in [3.05, 3.63) is 88.8 Å². The van der Waals surface area contributed by atoms with Crippen molar-refractivity contribution in [3.8, 4) is 5.75 Å². The van der Waals surface area contributed by atoms with Crippen molar-refractivity contribution in [3.63, 3.8) is 0 Å². The van der Waals surface area contributed by atoms with Gasteiger partial charge in [-0.2, -0.15) is 0 Å². The van der Waals surface area contributed by atoms with Gasteiger partial charge in [-0.15, -0.1) is 0 Å². The molecule has 8 nitrogen and oxygen atoms in total. The van der Waals surface area contributed by atoms with E-state index in [-0.39, 0.29) is 29.1 Å². The zero-order valence-corrected chi connectivity index (χ0v) is 19.3. The molecule has 5 rings (SSSR count). The first-order valence-electron chi connectivity index (χ1n) is 11.3. The minimum absolute atomic E-state index is 0.0350. The highest BCUT2D eigenvalue weighted by Crippen LogP contribution is 2.47. The number of aromatic amines is 1. The molecule has 0 amide bonds. The standard InChI is InChI=1S/C27H24N2O6/c1-3-35-26(33)27-20(25(32)34-2)14-16(23(31)19-9-5-7-11-22(19)30)15-29(27)13-12-18-17-8-4-6-10-21(17)28-24(18)27/h4-11,14-15,28,30H,3,12-13H2,1-2H3. The summed E-state index contributed by atoms with van der Waals surface area (Å²) in [6.07, 6.45) is 3.50. The Balaban J connectivity index is 1.77. The van der Waals surface area contributed by atoms with Crippen LogP contribution in [0.5, 0.6) is 5.75 Å². The van der Waals surface area contributed by atoms with Crippen molar-refractivity contribution in [2.24, 2.45) is 0 Å². The molecule has 0 spiro atoms. The number of hydrogen-bond acceptors (Lipinski definition) is 7. The van der Waals surface area contributed by atoms with Gasteiger partial charge in [0, 0.05) is 29.2 Å². The second-order valence-corrected chi connectivity index (χ2v) is 8.38. The number of methoxy groups -OCH3 is 1. The molecular formula is C27H24N2O6. The largest absolute Gasteiger partial charge is 0.507 e. The number of aromatic nitrogens is 1. The Morgan fingerprint density at radius 3 is 2.60 bits per heavy atom. The molecule has 1 unspecified atom stereocenters. The molecular weight excluding hydrogens is 448 g/mol. The molecule has 1 atom stereocenters. The molecule has 3 aromatic rings. The monoisotopic (exact) mass is 472 g/mol. The van der Waals surface area contributed by atoms with Crippen LogP contribution < -0.4 is 0 Å². The van der Waals surface area contributed by atoms with E-state index in [0.717, 1.165) is 16.5 Å². The van der Waals surface area contributed by atoms with Gasteiger partial charge in [0.1, 0.15) is 5.75 Å². The second-order valence-electron chi connectivity index (χ2n) is 8.38. The van der Waals surface area contributed by atoms with Crippen molar-refractivity contribution in [1.29, 1.82) is 0 Å². The molecule has 178 valence electrons. The minimum atomic E-state index is -1.65. The molecule has 2 aliphatic rings. The van der Waals surface area contributed by atoms with Crippen LogP contribution >= 0.6 is 0 Å². The van der Waals surface area contributed by atoms with Gasteiger partial charge in [-0.3, -0.25) is 4.79 Å². The lowest BCUT2D eigenvalue weighted by Crippen LogP contribution is -2.58. The molecule has 0 radical (unpaired) electrons. The Morgan fingerprint density at radius 2 is 1.86 bits per heavy atom. The molecule has 0 aliphatic carbocycles. The SMILES string of the molecule is CCOC(=O)C12C(C(=O)OC)=CC(C(=O)c3ccccc3O)=CN1CCc1c2[nH]c2ccccc12. The maximum atomic E-state index is 13.7. The molecule has 1 aromatic heterocycles. The number of Topliss-reactive ketones (excluding diaryl/α,β-unsaturated/α-hetero) is 1. The second kappa shape index (κ2) is 8.47. The molecule has 0 fully saturated rings. The topological polar surface area (TPSA) is 109 Å². The summed E-state index contributed by atoms with van der Waals surface area (Å²) in [6.45, 7) is 2.15. The van der Waals surface area contributed by atoms with E-state index in [2.05, 4.69) is 4.98 Å². The molecule has 2 aromatic carbocycles. The molecule has 2 N–H and O–H groups in total. The number of rotatable bonds is 5. The molecule has 0 bridgehead atoms. The number of carbonyl (C=O) groups excluding carboxylic acids is 3. The van der Waals surface area contributed by atoms with Crippen molar-refractivity contribution in [2.45, 2.75) is 18.9 Å². The number of allylic oxidation sites excluding steroid dienone is 2. The van der Waals surface area contributed by atoms with Crippen LogP contribution in [0.1, 0.15) is 28.5 Å². The molecule has 8 heteroatoms. The van der Waals surface area contributed by atoms with Crippen LogP contribution in [-0.2, 0) is 31.0 Å². The summed E-state index contributed by atoms with van der Waals surface area (Å²) in [6, 6.07) is 13.9. The lowest BCUT2D eigenvalue weighted by atomic mass is 9.75. The summed E-state index contributed by atoms with van der Waals surface area (Å²) >= 11 is 0. The number of ketones is 1. The lowest BCUT2D eigenvalue weighted by Gasteiger charge is -2.46. The number of ether oxygens (including phenoxy) is 2. The summed E-state index contributed by atoms with van der Waals surface area (Å²) in [5.41, 5.74) is 0.795. The number of esters is 2. The zero-order valence-electron chi connectivity index (χ0n) is 19.3. The number of fused-ring (bicyclic) bond motifs is 5. The van der Waals surface area contributed by atoms with E-state index >= 15 is 0 Å². The third-order valence-electron chi connectivity index (χ3n) is 6.58. The van der Waals surface area contributed by atoms with Gasteiger partial charge in [0.05, 0.1) is 30.5 Å². The van der Waals surface area contributed by atoms with Gasteiger partial charge in [-0.1, -0.05) is 30.3 Å². The van der Waals surface area contributed by atoms with Crippen LogP contribution in [0.15, 0.2) is 72.0 Å². The smallest absolute Gasteiger partial charge is 0.343 e. The number of carbonyl (C=O) groups is 3. The summed E-state index contributed by atoms with van der Waals surface area (Å²) in [7, 11) is 1.23. The number of nitrogens with one attached hydrogen (secondary N) is 1. The quantitative estimate of drug-likeness (QED) is 0.433. The number of H-pyrrole nitrogens is 1. The fourth-order valence-corrected chi connectivity index (χ4v) is 5.05. The minimum Gasteiger partial charge on any atom is -0.507 e. The van der Waals surface area contributed by atoms with Crippen LogP contribution in [0, 0.1) is 0 Å². The number of nitrogens with zero attached hydrogens (tertiary/aromatic N) is 1. The molecule has 2 aliphatic heterocycles. The highest BCUT2D eigenvalue weighted by atomic mass is 16.5. The number of aromatic hydroxyl groups is 1. The Hall–Kier alpha value is -4.33. The highest BCUT2D eigenvalue weighted by molar-refractivity contribution is 6.14. The van der Waals surface area contributed by atoms with Gasteiger partial charge in [0.25, 0.3) is 0 Å². The number of phenols is 1. The van der Waals surface area contributed by atoms with Crippen LogP contribution in [0.4, 0.5) is 0 Å². The van der Waals surface area contributed by atoms with E-state index in [4.69, 9.17) is 9.47 Å². The van der Waals surface area contributed by atoms with Crippen LogP contribution in [0.3, 0.4) is 0 Å². The Morgan fingerprint density at radius 1 is 1.11 bits per heavy atom. The Labute approximate surface area is 201 Å². The van der Waals surface area contributed by atoms with Gasteiger partial charge in [0.15, 0.2) is 5.78 Å². The third kappa shape index (κ3) is 3.24. The number of para-hydroxylation sites is 2. The maximum Gasteiger partial charge on any atom is 0.343 e. The Bertz CT molecular complexity index is 1430. The first kappa shape index (κ1) is 22.5. The Kier molecular flexibility index (Phi) is 5.43. The normalized spacial score (nSPS) is 18.7. The van der Waals surface area contributed by atoms with E-state index in [1.54, 1.807) is 30.2 Å². The van der Waals surface area contributed by atoms with Crippen molar-refractivity contribution < 1.29 is 29.0 Å².